The van der Waals surface area contributed by atoms with Crippen LogP contribution in [0.1, 0.15) is 40.5 Å². The summed E-state index contributed by atoms with van der Waals surface area (Å²) in [6, 6.07) is 0. The second kappa shape index (κ2) is 4.16. The van der Waals surface area contributed by atoms with Gasteiger partial charge in [0.25, 0.3) is 0 Å². The van der Waals surface area contributed by atoms with Gasteiger partial charge >= 0.3 is 0 Å². The van der Waals surface area contributed by atoms with Gasteiger partial charge in [0.1, 0.15) is 18.3 Å². The molecule has 4 atom stereocenters. The van der Waals surface area contributed by atoms with Gasteiger partial charge < -0.3 is 24.6 Å². The first-order valence-electron chi connectivity index (χ1n) is 7.19. The van der Waals surface area contributed by atoms with Crippen LogP contribution in [-0.2, 0) is 19.0 Å². The Hall–Kier alpha value is -0.690. The van der Waals surface area contributed by atoms with Crippen molar-refractivity contribution < 1.29 is 24.1 Å². The Labute approximate surface area is 118 Å². The predicted molar refractivity (Wildman–Crippen MR) is 69.7 cm³/mol. The number of rotatable bonds is 3. The molecule has 1 amide bonds. The minimum Gasteiger partial charge on any atom is -0.396 e. The number of carbonyl (C=O) groups is 1. The maximum absolute atomic E-state index is 12.4. The molecule has 0 unspecified atom stereocenters. The van der Waals surface area contributed by atoms with Gasteiger partial charge in [0.2, 0.25) is 5.91 Å². The van der Waals surface area contributed by atoms with E-state index in [9.17, 15) is 4.79 Å². The van der Waals surface area contributed by atoms with Gasteiger partial charge in [-0.05, 0) is 34.1 Å². The highest BCUT2D eigenvalue weighted by Gasteiger charge is 2.70. The minimum atomic E-state index is -0.877. The summed E-state index contributed by atoms with van der Waals surface area (Å²) in [6.07, 6.45) is 0.127. The fourth-order valence-electron chi connectivity index (χ4n) is 3.48. The zero-order valence-electron chi connectivity index (χ0n) is 12.4. The molecule has 0 aliphatic carbocycles. The summed E-state index contributed by atoms with van der Waals surface area (Å²) >= 11 is 0. The Morgan fingerprint density at radius 3 is 2.50 bits per heavy atom. The molecule has 114 valence electrons. The number of ether oxygens (including phenoxy) is 3. The van der Waals surface area contributed by atoms with Crippen LogP contribution in [0, 0.1) is 5.41 Å². The normalized spacial score (nSPS) is 44.2. The van der Waals surface area contributed by atoms with Crippen molar-refractivity contribution >= 4 is 5.91 Å². The summed E-state index contributed by atoms with van der Waals surface area (Å²) in [5, 5.41) is 12.1. The van der Waals surface area contributed by atoms with E-state index in [0.29, 0.717) is 12.8 Å². The Morgan fingerprint density at radius 2 is 1.85 bits per heavy atom. The lowest BCUT2D eigenvalue weighted by atomic mass is 9.83. The van der Waals surface area contributed by atoms with Gasteiger partial charge in [-0.2, -0.15) is 0 Å². The van der Waals surface area contributed by atoms with Gasteiger partial charge in [-0.25, -0.2) is 0 Å². The third-order valence-corrected chi connectivity index (χ3v) is 4.55. The van der Waals surface area contributed by atoms with E-state index in [0.717, 1.165) is 0 Å². The molecule has 2 N–H and O–H groups in total. The molecule has 3 saturated heterocycles. The molecule has 6 nitrogen and oxygen atoms in total. The van der Waals surface area contributed by atoms with E-state index >= 15 is 0 Å². The molecule has 3 aliphatic rings. The number of aliphatic hydroxyl groups is 1. The Bertz CT molecular complexity index is 435. The molecule has 3 heterocycles. The second-order valence-electron chi connectivity index (χ2n) is 6.95. The van der Waals surface area contributed by atoms with E-state index in [1.807, 2.05) is 27.7 Å². The molecular weight excluding hydrogens is 262 g/mol. The number of aliphatic hydroxyl groups excluding tert-OH is 1. The SMILES string of the molecule is CC1(C)O[C@H]2[C@H]3O[C@](CCCO)(NC(=O)C3(C)C)[C@H]2O1. The molecule has 0 aromatic carbocycles. The average molecular weight is 285 g/mol. The molecule has 0 aromatic rings. The lowest BCUT2D eigenvalue weighted by Crippen LogP contribution is -2.63. The van der Waals surface area contributed by atoms with Crippen molar-refractivity contribution in [1.29, 1.82) is 0 Å². The van der Waals surface area contributed by atoms with Crippen LogP contribution in [-0.4, -0.2) is 47.4 Å². The highest BCUT2D eigenvalue weighted by molar-refractivity contribution is 5.84. The molecule has 0 aromatic heterocycles. The summed E-state index contributed by atoms with van der Waals surface area (Å²) < 4.78 is 18.1. The van der Waals surface area contributed by atoms with E-state index in [1.165, 1.54) is 0 Å². The van der Waals surface area contributed by atoms with Crippen molar-refractivity contribution in [2.75, 3.05) is 6.61 Å². The molecule has 6 heteroatoms. The smallest absolute Gasteiger partial charge is 0.230 e. The summed E-state index contributed by atoms with van der Waals surface area (Å²) in [5.41, 5.74) is -1.54. The molecule has 2 bridgehead atoms. The number of nitrogens with one attached hydrogen (secondary N) is 1. The first-order valence-corrected chi connectivity index (χ1v) is 7.19. The second-order valence-corrected chi connectivity index (χ2v) is 6.95. The fourth-order valence-corrected chi connectivity index (χ4v) is 3.48. The van der Waals surface area contributed by atoms with Crippen LogP contribution in [0.3, 0.4) is 0 Å². The molecule has 3 rings (SSSR count). The first kappa shape index (κ1) is 14.3. The molecule has 3 fully saturated rings. The molecule has 20 heavy (non-hydrogen) atoms. The van der Waals surface area contributed by atoms with E-state index < -0.39 is 16.9 Å². The lowest BCUT2D eigenvalue weighted by molar-refractivity contribution is -0.244. The van der Waals surface area contributed by atoms with Crippen molar-refractivity contribution in [2.45, 2.75) is 70.4 Å². The standard InChI is InChI=1S/C14H23NO5/c1-12(2)9-8-10(19-13(3,4)18-8)14(20-9,6-5-7-16)15-11(12)17/h8-10,16H,5-7H2,1-4H3,(H,15,17)/t8-,9+,10-,14-/m0/s1. The Balaban J connectivity index is 1.97. The predicted octanol–water partition coefficient (Wildman–Crippen LogP) is 0.530. The maximum Gasteiger partial charge on any atom is 0.230 e. The van der Waals surface area contributed by atoms with Gasteiger partial charge in [-0.1, -0.05) is 0 Å². The van der Waals surface area contributed by atoms with E-state index in [-0.39, 0.29) is 30.8 Å². The molecule has 3 aliphatic heterocycles. The largest absolute Gasteiger partial charge is 0.396 e. The van der Waals surface area contributed by atoms with Gasteiger partial charge in [0.15, 0.2) is 11.5 Å². The van der Waals surface area contributed by atoms with Gasteiger partial charge in [0, 0.05) is 13.0 Å². The number of hydrogen-bond acceptors (Lipinski definition) is 5. The lowest BCUT2D eigenvalue weighted by Gasteiger charge is -2.44. The zero-order valence-corrected chi connectivity index (χ0v) is 12.4. The number of carbonyl (C=O) groups excluding carboxylic acids is 1. The number of fused-ring (bicyclic) bond motifs is 5. The molecule has 0 spiro atoms. The summed E-state index contributed by atoms with van der Waals surface area (Å²) in [5.74, 6) is -0.730. The van der Waals surface area contributed by atoms with Crippen LogP contribution in [0.4, 0.5) is 0 Å². The summed E-state index contributed by atoms with van der Waals surface area (Å²) in [7, 11) is 0. The van der Waals surface area contributed by atoms with Crippen molar-refractivity contribution in [3.63, 3.8) is 0 Å². The zero-order chi connectivity index (χ0) is 14.8. The van der Waals surface area contributed by atoms with Crippen molar-refractivity contribution in [1.82, 2.24) is 5.32 Å². The monoisotopic (exact) mass is 285 g/mol. The van der Waals surface area contributed by atoms with Crippen LogP contribution in [0.5, 0.6) is 0 Å². The fraction of sp³-hybridized carbons (Fsp3) is 0.929. The number of amides is 1. The van der Waals surface area contributed by atoms with Crippen LogP contribution < -0.4 is 5.32 Å². The highest BCUT2D eigenvalue weighted by Crippen LogP contribution is 2.52. The summed E-state index contributed by atoms with van der Waals surface area (Å²) in [6.45, 7) is 7.52. The van der Waals surface area contributed by atoms with Crippen LogP contribution >= 0.6 is 0 Å². The molecule has 0 saturated carbocycles. The van der Waals surface area contributed by atoms with Crippen LogP contribution in [0.15, 0.2) is 0 Å². The van der Waals surface area contributed by atoms with Crippen molar-refractivity contribution in [3.8, 4) is 0 Å². The van der Waals surface area contributed by atoms with Crippen LogP contribution in [0.2, 0.25) is 0 Å². The van der Waals surface area contributed by atoms with Crippen molar-refractivity contribution in [2.24, 2.45) is 5.41 Å². The first-order chi connectivity index (χ1) is 9.22. The van der Waals surface area contributed by atoms with E-state index in [4.69, 9.17) is 19.3 Å². The van der Waals surface area contributed by atoms with Gasteiger partial charge in [-0.3, -0.25) is 4.79 Å². The van der Waals surface area contributed by atoms with E-state index in [1.54, 1.807) is 0 Å². The maximum atomic E-state index is 12.4. The van der Waals surface area contributed by atoms with Crippen molar-refractivity contribution in [3.05, 3.63) is 0 Å². The number of hydrogen-bond donors (Lipinski definition) is 2. The van der Waals surface area contributed by atoms with Crippen LogP contribution in [0.25, 0.3) is 0 Å². The Morgan fingerprint density at radius 1 is 1.15 bits per heavy atom. The van der Waals surface area contributed by atoms with Gasteiger partial charge in [0.05, 0.1) is 5.41 Å². The summed E-state index contributed by atoms with van der Waals surface area (Å²) in [4.78, 5) is 12.4. The third-order valence-electron chi connectivity index (χ3n) is 4.55. The van der Waals surface area contributed by atoms with E-state index in [2.05, 4.69) is 5.32 Å². The molecule has 0 radical (unpaired) electrons. The third kappa shape index (κ3) is 1.82. The quantitative estimate of drug-likeness (QED) is 0.791. The Kier molecular flexibility index (Phi) is 2.97. The molecular formula is C14H23NO5. The highest BCUT2D eigenvalue weighted by atomic mass is 16.8. The average Bonchev–Trinajstić information content (AvgIpc) is 2.78. The topological polar surface area (TPSA) is 77.0 Å². The minimum absolute atomic E-state index is 0.0499. The van der Waals surface area contributed by atoms with Gasteiger partial charge in [-0.15, -0.1) is 0 Å².